The highest BCUT2D eigenvalue weighted by atomic mass is 16.3. The zero-order chi connectivity index (χ0) is 25.4. The van der Waals surface area contributed by atoms with E-state index in [2.05, 4.69) is 31.3 Å². The van der Waals surface area contributed by atoms with Gasteiger partial charge in [-0.25, -0.2) is 0 Å². The minimum Gasteiger partial charge on any atom is -0.508 e. The molecular weight excluding hydrogens is 440 g/mol. The normalized spacial score (nSPS) is 12.4. The molecule has 0 fully saturated rings. The van der Waals surface area contributed by atoms with Crippen LogP contribution in [0.1, 0.15) is 47.8 Å². The van der Waals surface area contributed by atoms with Gasteiger partial charge in [-0.05, 0) is 54.7 Å². The van der Waals surface area contributed by atoms with Crippen molar-refractivity contribution in [1.82, 2.24) is 10.2 Å². The van der Waals surface area contributed by atoms with Gasteiger partial charge in [0.25, 0.3) is 0 Å². The summed E-state index contributed by atoms with van der Waals surface area (Å²) < 4.78 is 0. The van der Waals surface area contributed by atoms with Gasteiger partial charge in [0.2, 0.25) is 5.91 Å². The molecule has 0 saturated carbocycles. The summed E-state index contributed by atoms with van der Waals surface area (Å²) >= 11 is 0. The minimum absolute atomic E-state index is 0.0151. The Hall–Kier alpha value is -3.19. The summed E-state index contributed by atoms with van der Waals surface area (Å²) in [5, 5.41) is 33.1. The maximum absolute atomic E-state index is 12.7. The first-order valence-corrected chi connectivity index (χ1v) is 11.9. The van der Waals surface area contributed by atoms with Crippen LogP contribution in [0.3, 0.4) is 0 Å². The molecule has 0 aliphatic rings. The van der Waals surface area contributed by atoms with E-state index >= 15 is 0 Å². The van der Waals surface area contributed by atoms with Gasteiger partial charge < -0.3 is 25.5 Å². The quantitative estimate of drug-likeness (QED) is 0.338. The molecular formula is C29H36N2O4. The smallest absolute Gasteiger partial charge is 0.227 e. The van der Waals surface area contributed by atoms with Crippen molar-refractivity contribution in [3.63, 3.8) is 0 Å². The Bertz CT molecular complexity index is 1110. The van der Waals surface area contributed by atoms with Crippen LogP contribution in [-0.4, -0.2) is 45.3 Å². The van der Waals surface area contributed by atoms with Gasteiger partial charge in [-0.2, -0.15) is 0 Å². The molecule has 0 unspecified atom stereocenters. The van der Waals surface area contributed by atoms with Gasteiger partial charge in [-0.1, -0.05) is 60.7 Å². The number of amides is 1. The number of nitrogens with zero attached hydrogens (tertiary/aromatic N) is 1. The summed E-state index contributed by atoms with van der Waals surface area (Å²) in [4.78, 5) is 14.5. The first kappa shape index (κ1) is 26.4. The van der Waals surface area contributed by atoms with E-state index in [1.807, 2.05) is 49.5 Å². The summed E-state index contributed by atoms with van der Waals surface area (Å²) in [5.74, 6) is 0.0871. The molecule has 6 nitrogen and oxygen atoms in total. The third kappa shape index (κ3) is 7.92. The van der Waals surface area contributed by atoms with Crippen LogP contribution in [-0.2, 0) is 30.8 Å². The number of aromatic hydroxyl groups is 1. The molecule has 0 bridgehead atoms. The summed E-state index contributed by atoms with van der Waals surface area (Å²) in [6.07, 6.45) is 0.293. The topological polar surface area (TPSA) is 93.0 Å². The zero-order valence-corrected chi connectivity index (χ0v) is 20.7. The van der Waals surface area contributed by atoms with E-state index < -0.39 is 6.10 Å². The van der Waals surface area contributed by atoms with Crippen molar-refractivity contribution in [3.8, 4) is 5.75 Å². The van der Waals surface area contributed by atoms with Crippen molar-refractivity contribution in [1.29, 1.82) is 0 Å². The fourth-order valence-electron chi connectivity index (χ4n) is 4.11. The Morgan fingerprint density at radius 2 is 1.66 bits per heavy atom. The number of likely N-dealkylation sites (N-methyl/N-ethyl adjacent to an activating group) is 1. The summed E-state index contributed by atoms with van der Waals surface area (Å²) in [7, 11) is 1.83. The lowest BCUT2D eigenvalue weighted by Gasteiger charge is -2.28. The second-order valence-electron chi connectivity index (χ2n) is 9.74. The maximum atomic E-state index is 12.7. The van der Waals surface area contributed by atoms with Gasteiger partial charge >= 0.3 is 0 Å². The molecule has 3 aromatic carbocycles. The molecule has 0 aliphatic carbocycles. The number of β-amino-alcohol motifs (C(OH)–C–C–N with tert-alkyl or cyclic N) is 1. The molecule has 6 heteroatoms. The van der Waals surface area contributed by atoms with E-state index in [9.17, 15) is 20.1 Å². The van der Waals surface area contributed by atoms with E-state index in [-0.39, 0.29) is 23.8 Å². The molecule has 35 heavy (non-hydrogen) atoms. The van der Waals surface area contributed by atoms with E-state index in [1.54, 1.807) is 17.0 Å². The number of nitrogens with one attached hydrogen (secondary N) is 1. The van der Waals surface area contributed by atoms with E-state index in [4.69, 9.17) is 0 Å². The standard InChI is InChI=1S/C29H36N2O4/c1-29(2,30-18-27(34)24-12-13-26(33)25(16-24)20-32)17-23-11-7-10-22(14-23)15-28(35)31(3)19-21-8-5-4-6-9-21/h4-14,16,27,30,32-34H,15,17-20H2,1-3H3/t27-/m0/s1. The first-order valence-electron chi connectivity index (χ1n) is 11.9. The maximum Gasteiger partial charge on any atom is 0.227 e. The summed E-state index contributed by atoms with van der Waals surface area (Å²) in [6, 6.07) is 22.8. The number of phenols is 1. The second-order valence-corrected chi connectivity index (χ2v) is 9.74. The van der Waals surface area contributed by atoms with E-state index in [1.165, 1.54) is 6.07 Å². The van der Waals surface area contributed by atoms with Crippen molar-refractivity contribution in [2.75, 3.05) is 13.6 Å². The second kappa shape index (κ2) is 12.0. The van der Waals surface area contributed by atoms with Crippen molar-refractivity contribution < 1.29 is 20.1 Å². The van der Waals surface area contributed by atoms with Gasteiger partial charge in [-0.3, -0.25) is 4.79 Å². The third-order valence-electron chi connectivity index (χ3n) is 6.11. The Morgan fingerprint density at radius 1 is 0.971 bits per heavy atom. The lowest BCUT2D eigenvalue weighted by atomic mass is 9.93. The van der Waals surface area contributed by atoms with Crippen molar-refractivity contribution in [2.45, 2.75) is 51.5 Å². The van der Waals surface area contributed by atoms with Crippen LogP contribution < -0.4 is 5.32 Å². The van der Waals surface area contributed by atoms with Crippen LogP contribution in [0.15, 0.2) is 72.8 Å². The molecule has 3 aromatic rings. The average Bonchev–Trinajstić information content (AvgIpc) is 2.83. The highest BCUT2D eigenvalue weighted by Crippen LogP contribution is 2.23. The summed E-state index contributed by atoms with van der Waals surface area (Å²) in [6.45, 7) is 4.76. The fourth-order valence-corrected chi connectivity index (χ4v) is 4.11. The van der Waals surface area contributed by atoms with Crippen LogP contribution in [0.5, 0.6) is 5.75 Å². The molecule has 0 aliphatic heterocycles. The van der Waals surface area contributed by atoms with Crippen molar-refractivity contribution in [3.05, 3.63) is 101 Å². The Balaban J connectivity index is 1.56. The Kier molecular flexibility index (Phi) is 9.04. The fraction of sp³-hybridized carbons (Fsp3) is 0.345. The van der Waals surface area contributed by atoms with Crippen LogP contribution in [0, 0.1) is 0 Å². The number of hydrogen-bond donors (Lipinski definition) is 4. The molecule has 0 saturated heterocycles. The predicted octanol–water partition coefficient (Wildman–Crippen LogP) is 3.73. The molecule has 1 atom stereocenters. The number of carbonyl (C=O) groups excluding carboxylic acids is 1. The highest BCUT2D eigenvalue weighted by Gasteiger charge is 2.21. The number of aliphatic hydroxyl groups excluding tert-OH is 2. The lowest BCUT2D eigenvalue weighted by Crippen LogP contribution is -2.43. The molecule has 0 radical (unpaired) electrons. The number of carbonyl (C=O) groups is 1. The van der Waals surface area contributed by atoms with Crippen LogP contribution in [0.25, 0.3) is 0 Å². The lowest BCUT2D eigenvalue weighted by molar-refractivity contribution is -0.129. The zero-order valence-electron chi connectivity index (χ0n) is 20.7. The number of aliphatic hydroxyl groups is 2. The molecule has 1 amide bonds. The number of hydrogen-bond acceptors (Lipinski definition) is 5. The SMILES string of the molecule is CN(Cc1ccccc1)C(=O)Cc1cccc(CC(C)(C)NC[C@H](O)c2ccc(O)c(CO)c2)c1. The van der Waals surface area contributed by atoms with Gasteiger partial charge in [0.15, 0.2) is 0 Å². The predicted molar refractivity (Wildman–Crippen MR) is 138 cm³/mol. The van der Waals surface area contributed by atoms with Gasteiger partial charge in [-0.15, -0.1) is 0 Å². The molecule has 0 aromatic heterocycles. The number of rotatable bonds is 11. The van der Waals surface area contributed by atoms with Crippen LogP contribution in [0.2, 0.25) is 0 Å². The minimum atomic E-state index is -0.774. The van der Waals surface area contributed by atoms with E-state index in [0.717, 1.165) is 23.1 Å². The van der Waals surface area contributed by atoms with Crippen LogP contribution >= 0.6 is 0 Å². The monoisotopic (exact) mass is 476 g/mol. The average molecular weight is 477 g/mol. The first-order chi connectivity index (χ1) is 16.7. The van der Waals surface area contributed by atoms with Gasteiger partial charge in [0, 0.05) is 31.2 Å². The molecule has 0 heterocycles. The number of benzene rings is 3. The highest BCUT2D eigenvalue weighted by molar-refractivity contribution is 5.78. The largest absolute Gasteiger partial charge is 0.508 e. The van der Waals surface area contributed by atoms with E-state index in [0.29, 0.717) is 30.6 Å². The van der Waals surface area contributed by atoms with Gasteiger partial charge in [0.1, 0.15) is 5.75 Å². The molecule has 4 N–H and O–H groups in total. The van der Waals surface area contributed by atoms with Crippen molar-refractivity contribution in [2.24, 2.45) is 0 Å². The molecule has 0 spiro atoms. The Morgan fingerprint density at radius 3 is 2.37 bits per heavy atom. The third-order valence-corrected chi connectivity index (χ3v) is 6.11. The van der Waals surface area contributed by atoms with Gasteiger partial charge in [0.05, 0.1) is 19.1 Å². The van der Waals surface area contributed by atoms with Crippen LogP contribution in [0.4, 0.5) is 0 Å². The molecule has 3 rings (SSSR count). The molecule has 186 valence electrons. The Labute approximate surface area is 207 Å². The summed E-state index contributed by atoms with van der Waals surface area (Å²) in [5.41, 5.74) is 3.91. The van der Waals surface area contributed by atoms with Crippen molar-refractivity contribution >= 4 is 5.91 Å².